The predicted octanol–water partition coefficient (Wildman–Crippen LogP) is 7.30. The van der Waals surface area contributed by atoms with Gasteiger partial charge < -0.3 is 9.64 Å². The predicted molar refractivity (Wildman–Crippen MR) is 166 cm³/mol. The number of hydrogen-bond acceptors (Lipinski definition) is 6. The Morgan fingerprint density at radius 2 is 1.85 bits per heavy atom. The van der Waals surface area contributed by atoms with Crippen LogP contribution in [0.25, 0.3) is 33.6 Å². The van der Waals surface area contributed by atoms with Gasteiger partial charge >= 0.3 is 0 Å². The van der Waals surface area contributed by atoms with Gasteiger partial charge in [-0.25, -0.2) is 4.98 Å². The molecule has 0 radical (unpaired) electrons. The van der Waals surface area contributed by atoms with Crippen molar-refractivity contribution in [3.05, 3.63) is 85.9 Å². The van der Waals surface area contributed by atoms with Crippen LogP contribution in [-0.4, -0.2) is 45.5 Å². The number of carbonyl (C=O) groups is 1. The summed E-state index contributed by atoms with van der Waals surface area (Å²) in [4.78, 5) is 39.9. The number of carbonyl (C=O) groups excluding carboxylic acids is 1. The van der Waals surface area contributed by atoms with Crippen molar-refractivity contribution in [3.8, 4) is 33.3 Å². The largest absolute Gasteiger partial charge is 0.495 e. The summed E-state index contributed by atoms with van der Waals surface area (Å²) < 4.78 is 7.12. The molecule has 4 heterocycles. The molecule has 0 unspecified atom stereocenters. The van der Waals surface area contributed by atoms with Crippen LogP contribution in [0.1, 0.15) is 61.8 Å². The van der Waals surface area contributed by atoms with Gasteiger partial charge in [0.1, 0.15) is 10.8 Å². The monoisotopic (exact) mass is 588 g/mol. The minimum Gasteiger partial charge on any atom is -0.495 e. The standard InChI is InChI=1S/C32H33ClN4O3S/c1-5-26-29(16-23(40-4)18-34-26)37-28(15-20(2)3)24(31(38)36-13-7-6-8-14-36)17-25(32(37)39)30-35-27(19-41-30)21-9-11-22(33)12-10-21/h9-12,15-19H,5-8,13-14H2,1-4H3. The lowest BCUT2D eigenvalue weighted by atomic mass is 10.0. The van der Waals surface area contributed by atoms with Gasteiger partial charge in [0.2, 0.25) is 0 Å². The van der Waals surface area contributed by atoms with Crippen molar-refractivity contribution in [2.75, 3.05) is 20.2 Å². The van der Waals surface area contributed by atoms with Crippen LogP contribution in [0.5, 0.6) is 5.75 Å². The molecule has 1 saturated heterocycles. The van der Waals surface area contributed by atoms with E-state index in [0.717, 1.165) is 41.8 Å². The third-order valence-electron chi connectivity index (χ3n) is 7.15. The molecule has 3 aromatic heterocycles. The van der Waals surface area contributed by atoms with Crippen LogP contribution >= 0.6 is 22.9 Å². The number of piperidine rings is 1. The molecule has 5 rings (SSSR count). The number of halogens is 1. The second-order valence-electron chi connectivity index (χ2n) is 10.3. The van der Waals surface area contributed by atoms with E-state index in [1.807, 2.05) is 67.5 Å². The number of hydrogen-bond donors (Lipinski definition) is 0. The molecule has 1 aliphatic rings. The van der Waals surface area contributed by atoms with Gasteiger partial charge in [-0.05, 0) is 63.8 Å². The highest BCUT2D eigenvalue weighted by atomic mass is 35.5. The summed E-state index contributed by atoms with van der Waals surface area (Å²) in [5.41, 5.74) is 5.02. The molecule has 1 amide bonds. The van der Waals surface area contributed by atoms with E-state index in [1.165, 1.54) is 11.3 Å². The van der Waals surface area contributed by atoms with E-state index in [9.17, 15) is 9.59 Å². The minimum absolute atomic E-state index is 0.0874. The maximum atomic E-state index is 14.5. The fourth-order valence-electron chi connectivity index (χ4n) is 5.07. The number of aryl methyl sites for hydroxylation is 1. The van der Waals surface area contributed by atoms with E-state index in [1.54, 1.807) is 23.9 Å². The molecule has 212 valence electrons. The van der Waals surface area contributed by atoms with Crippen molar-refractivity contribution in [2.45, 2.75) is 46.5 Å². The second-order valence-corrected chi connectivity index (χ2v) is 11.6. The molecule has 0 N–H and O–H groups in total. The average molecular weight is 589 g/mol. The van der Waals surface area contributed by atoms with E-state index < -0.39 is 0 Å². The highest BCUT2D eigenvalue weighted by molar-refractivity contribution is 7.13. The molecule has 9 heteroatoms. The van der Waals surface area contributed by atoms with Gasteiger partial charge in [0.15, 0.2) is 0 Å². The number of benzene rings is 1. The van der Waals surface area contributed by atoms with Crippen LogP contribution in [0.15, 0.2) is 58.3 Å². The van der Waals surface area contributed by atoms with Crippen molar-refractivity contribution in [2.24, 2.45) is 0 Å². The number of methoxy groups -OCH3 is 1. The third kappa shape index (κ3) is 5.99. The zero-order valence-corrected chi connectivity index (χ0v) is 25.3. The van der Waals surface area contributed by atoms with Crippen LogP contribution < -0.4 is 10.3 Å². The number of likely N-dealkylation sites (tertiary alicyclic amines) is 1. The van der Waals surface area contributed by atoms with Gasteiger partial charge in [-0.1, -0.05) is 36.2 Å². The molecule has 1 fully saturated rings. The lowest BCUT2D eigenvalue weighted by Gasteiger charge is -2.28. The fourth-order valence-corrected chi connectivity index (χ4v) is 6.03. The Bertz CT molecular complexity index is 1660. The van der Waals surface area contributed by atoms with Gasteiger partial charge in [0.05, 0.1) is 47.2 Å². The smallest absolute Gasteiger partial charge is 0.265 e. The molecule has 1 aromatic carbocycles. The summed E-state index contributed by atoms with van der Waals surface area (Å²) in [7, 11) is 1.57. The first kappa shape index (κ1) is 28.8. The van der Waals surface area contributed by atoms with Crippen LogP contribution in [-0.2, 0) is 6.42 Å². The van der Waals surface area contributed by atoms with Crippen molar-refractivity contribution < 1.29 is 9.53 Å². The Balaban J connectivity index is 1.80. The lowest BCUT2D eigenvalue weighted by molar-refractivity contribution is 0.0723. The van der Waals surface area contributed by atoms with E-state index in [-0.39, 0.29) is 11.5 Å². The van der Waals surface area contributed by atoms with Crippen molar-refractivity contribution >= 4 is 34.9 Å². The SMILES string of the molecule is CCc1ncc(OC)cc1-n1c(C=C(C)C)c(C(=O)N2CCCCC2)cc(-c2nc(-c3ccc(Cl)cc3)cs2)c1=O. The summed E-state index contributed by atoms with van der Waals surface area (Å²) in [6.07, 6.45) is 7.19. The number of allylic oxidation sites excluding steroid dienone is 1. The van der Waals surface area contributed by atoms with Gasteiger partial charge in [-0.3, -0.25) is 19.1 Å². The normalized spacial score (nSPS) is 13.2. The third-order valence-corrected chi connectivity index (χ3v) is 8.27. The molecule has 0 aliphatic carbocycles. The average Bonchev–Trinajstić information content (AvgIpc) is 3.47. The van der Waals surface area contributed by atoms with Crippen LogP contribution in [0.3, 0.4) is 0 Å². The molecular weight excluding hydrogens is 556 g/mol. The van der Waals surface area contributed by atoms with Crippen molar-refractivity contribution in [3.63, 3.8) is 0 Å². The van der Waals surface area contributed by atoms with Gasteiger partial charge in [-0.2, -0.15) is 0 Å². The first-order chi connectivity index (χ1) is 19.8. The summed E-state index contributed by atoms with van der Waals surface area (Å²) in [5.74, 6) is 0.441. The number of rotatable bonds is 7. The molecule has 41 heavy (non-hydrogen) atoms. The summed E-state index contributed by atoms with van der Waals surface area (Å²) in [6.45, 7) is 7.30. The maximum absolute atomic E-state index is 14.5. The molecule has 0 spiro atoms. The molecule has 7 nitrogen and oxygen atoms in total. The number of ether oxygens (including phenoxy) is 1. The van der Waals surface area contributed by atoms with Crippen LogP contribution in [0.4, 0.5) is 0 Å². The molecule has 0 bridgehead atoms. The number of pyridine rings is 2. The molecule has 4 aromatic rings. The zero-order valence-electron chi connectivity index (χ0n) is 23.7. The van der Waals surface area contributed by atoms with Gasteiger partial charge in [0.25, 0.3) is 11.5 Å². The highest BCUT2D eigenvalue weighted by Crippen LogP contribution is 2.32. The van der Waals surface area contributed by atoms with Gasteiger partial charge in [-0.15, -0.1) is 11.3 Å². The fraction of sp³-hybridized carbons (Fsp3) is 0.312. The summed E-state index contributed by atoms with van der Waals surface area (Å²) in [6, 6.07) is 11.0. The van der Waals surface area contributed by atoms with E-state index >= 15 is 0 Å². The number of aromatic nitrogens is 3. The lowest BCUT2D eigenvalue weighted by Crippen LogP contribution is -2.37. The summed E-state index contributed by atoms with van der Waals surface area (Å²) >= 11 is 7.46. The molecule has 1 aliphatic heterocycles. The topological polar surface area (TPSA) is 77.3 Å². The molecular formula is C32H33ClN4O3S. The Morgan fingerprint density at radius 3 is 2.51 bits per heavy atom. The number of amides is 1. The van der Waals surface area contributed by atoms with E-state index in [0.29, 0.717) is 57.8 Å². The van der Waals surface area contributed by atoms with Crippen LogP contribution in [0.2, 0.25) is 5.02 Å². The number of thiazole rings is 1. The second kappa shape index (κ2) is 12.4. The number of nitrogens with zero attached hydrogens (tertiary/aromatic N) is 4. The highest BCUT2D eigenvalue weighted by Gasteiger charge is 2.27. The Labute approximate surface area is 249 Å². The first-order valence-corrected chi connectivity index (χ1v) is 15.1. The van der Waals surface area contributed by atoms with Gasteiger partial charge in [0, 0.05) is 35.1 Å². The van der Waals surface area contributed by atoms with E-state index in [4.69, 9.17) is 21.3 Å². The Hall–Kier alpha value is -3.75. The Morgan fingerprint density at radius 1 is 1.12 bits per heavy atom. The van der Waals surface area contributed by atoms with Crippen molar-refractivity contribution in [1.82, 2.24) is 19.4 Å². The van der Waals surface area contributed by atoms with Crippen LogP contribution in [0, 0.1) is 0 Å². The van der Waals surface area contributed by atoms with Crippen molar-refractivity contribution in [1.29, 1.82) is 0 Å². The zero-order chi connectivity index (χ0) is 29.1. The molecule has 0 saturated carbocycles. The summed E-state index contributed by atoms with van der Waals surface area (Å²) in [5, 5.41) is 3.10. The first-order valence-electron chi connectivity index (χ1n) is 13.8. The quantitative estimate of drug-likeness (QED) is 0.226. The molecule has 0 atom stereocenters. The maximum Gasteiger partial charge on any atom is 0.265 e. The Kier molecular flexibility index (Phi) is 8.71. The minimum atomic E-state index is -0.269. The van der Waals surface area contributed by atoms with E-state index in [2.05, 4.69) is 4.98 Å².